The van der Waals surface area contributed by atoms with Crippen LogP contribution in [0.5, 0.6) is 0 Å². The van der Waals surface area contributed by atoms with E-state index in [4.69, 9.17) is 17.3 Å². The van der Waals surface area contributed by atoms with E-state index in [0.717, 1.165) is 0 Å². The molecule has 0 saturated carbocycles. The molecule has 21 heavy (non-hydrogen) atoms. The monoisotopic (exact) mass is 354 g/mol. The SMILES string of the molecule is COC(=O)c1cc(Cl)cc(S(=O)(=O)N2CCC(N)C2)c1.Cl. The van der Waals surface area contributed by atoms with Crippen LogP contribution in [-0.2, 0) is 14.8 Å². The van der Waals surface area contributed by atoms with Crippen LogP contribution >= 0.6 is 24.0 Å². The van der Waals surface area contributed by atoms with Crippen molar-refractivity contribution in [2.45, 2.75) is 17.4 Å². The lowest BCUT2D eigenvalue weighted by Crippen LogP contribution is -2.32. The van der Waals surface area contributed by atoms with Crippen LogP contribution in [0.15, 0.2) is 23.1 Å². The Morgan fingerprint density at radius 3 is 2.62 bits per heavy atom. The first-order valence-corrected chi connectivity index (χ1v) is 7.81. The normalized spacial score (nSPS) is 19.1. The van der Waals surface area contributed by atoms with E-state index in [1.807, 2.05) is 0 Å². The van der Waals surface area contributed by atoms with Crippen LogP contribution in [0.25, 0.3) is 0 Å². The molecule has 0 radical (unpaired) electrons. The Kier molecular flexibility index (Phi) is 6.01. The van der Waals surface area contributed by atoms with Crippen molar-refractivity contribution in [2.24, 2.45) is 5.73 Å². The molecule has 2 rings (SSSR count). The minimum absolute atomic E-state index is 0. The lowest BCUT2D eigenvalue weighted by atomic mass is 10.2. The van der Waals surface area contributed by atoms with Gasteiger partial charge in [-0.3, -0.25) is 0 Å². The van der Waals surface area contributed by atoms with Crippen molar-refractivity contribution >= 4 is 40.0 Å². The first-order valence-electron chi connectivity index (χ1n) is 5.99. The van der Waals surface area contributed by atoms with Gasteiger partial charge in [-0.1, -0.05) is 11.6 Å². The molecule has 0 spiro atoms. The Labute approximate surface area is 134 Å². The van der Waals surface area contributed by atoms with Gasteiger partial charge in [-0.15, -0.1) is 12.4 Å². The van der Waals surface area contributed by atoms with E-state index in [0.29, 0.717) is 13.0 Å². The summed E-state index contributed by atoms with van der Waals surface area (Å²) >= 11 is 5.88. The third-order valence-corrected chi connectivity index (χ3v) is 5.18. The molecule has 0 bridgehead atoms. The molecule has 2 N–H and O–H groups in total. The zero-order valence-electron chi connectivity index (χ0n) is 11.3. The number of esters is 1. The van der Waals surface area contributed by atoms with Crippen LogP contribution in [0.1, 0.15) is 16.8 Å². The van der Waals surface area contributed by atoms with Gasteiger partial charge in [-0.05, 0) is 24.6 Å². The van der Waals surface area contributed by atoms with Crippen molar-refractivity contribution in [3.05, 3.63) is 28.8 Å². The second-order valence-electron chi connectivity index (χ2n) is 4.58. The summed E-state index contributed by atoms with van der Waals surface area (Å²) in [4.78, 5) is 11.5. The van der Waals surface area contributed by atoms with Gasteiger partial charge < -0.3 is 10.5 Å². The van der Waals surface area contributed by atoms with E-state index in [2.05, 4.69) is 4.74 Å². The Balaban J connectivity index is 0.00000220. The molecule has 1 atom stereocenters. The molecule has 1 aliphatic heterocycles. The number of carbonyl (C=O) groups excluding carboxylic acids is 1. The number of halogens is 2. The topological polar surface area (TPSA) is 89.7 Å². The van der Waals surface area contributed by atoms with Crippen molar-refractivity contribution in [1.29, 1.82) is 0 Å². The molecule has 0 amide bonds. The Bertz CT molecular complexity index is 636. The summed E-state index contributed by atoms with van der Waals surface area (Å²) in [5.74, 6) is -0.637. The molecular weight excluding hydrogens is 339 g/mol. The molecule has 118 valence electrons. The summed E-state index contributed by atoms with van der Waals surface area (Å²) in [5, 5.41) is 0.162. The van der Waals surface area contributed by atoms with Crippen molar-refractivity contribution in [3.8, 4) is 0 Å². The molecule has 9 heteroatoms. The average molecular weight is 355 g/mol. The summed E-state index contributed by atoms with van der Waals surface area (Å²) in [6.07, 6.45) is 0.615. The van der Waals surface area contributed by atoms with Crippen LogP contribution in [0, 0.1) is 0 Å². The predicted octanol–water partition coefficient (Wildman–Crippen LogP) is 1.27. The molecule has 1 aromatic carbocycles. The molecule has 1 unspecified atom stereocenters. The smallest absolute Gasteiger partial charge is 0.337 e. The van der Waals surface area contributed by atoms with Crippen LogP contribution < -0.4 is 5.73 Å². The van der Waals surface area contributed by atoms with E-state index >= 15 is 0 Å². The van der Waals surface area contributed by atoms with Crippen LogP contribution in [0.4, 0.5) is 0 Å². The van der Waals surface area contributed by atoms with Gasteiger partial charge in [-0.25, -0.2) is 13.2 Å². The number of sulfonamides is 1. The Morgan fingerprint density at radius 1 is 1.43 bits per heavy atom. The first-order chi connectivity index (χ1) is 9.34. The molecule has 0 aromatic heterocycles. The molecule has 0 aliphatic carbocycles. The summed E-state index contributed by atoms with van der Waals surface area (Å²) in [5.41, 5.74) is 5.82. The number of ether oxygens (including phenoxy) is 1. The Morgan fingerprint density at radius 2 is 2.10 bits per heavy atom. The van der Waals surface area contributed by atoms with Crippen LogP contribution in [0.3, 0.4) is 0 Å². The maximum Gasteiger partial charge on any atom is 0.337 e. The van der Waals surface area contributed by atoms with E-state index < -0.39 is 16.0 Å². The van der Waals surface area contributed by atoms with E-state index in [-0.39, 0.29) is 40.5 Å². The predicted molar refractivity (Wildman–Crippen MR) is 81.4 cm³/mol. The quantitative estimate of drug-likeness (QED) is 0.825. The lowest BCUT2D eigenvalue weighted by Gasteiger charge is -2.16. The number of nitrogens with zero attached hydrogens (tertiary/aromatic N) is 1. The van der Waals surface area contributed by atoms with Gasteiger partial charge in [0.25, 0.3) is 0 Å². The van der Waals surface area contributed by atoms with Gasteiger partial charge >= 0.3 is 5.97 Å². The Hall–Kier alpha value is -0.860. The zero-order valence-corrected chi connectivity index (χ0v) is 13.7. The van der Waals surface area contributed by atoms with Gasteiger partial charge in [0.15, 0.2) is 0 Å². The van der Waals surface area contributed by atoms with Gasteiger partial charge in [0.05, 0.1) is 17.6 Å². The van der Waals surface area contributed by atoms with Gasteiger partial charge in [0.2, 0.25) is 10.0 Å². The van der Waals surface area contributed by atoms with E-state index in [1.165, 1.54) is 29.6 Å². The van der Waals surface area contributed by atoms with Gasteiger partial charge in [0, 0.05) is 24.2 Å². The average Bonchev–Trinajstić information content (AvgIpc) is 2.84. The van der Waals surface area contributed by atoms with Crippen molar-refractivity contribution < 1.29 is 17.9 Å². The highest BCUT2D eigenvalue weighted by atomic mass is 35.5. The van der Waals surface area contributed by atoms with Crippen molar-refractivity contribution in [3.63, 3.8) is 0 Å². The summed E-state index contributed by atoms with van der Waals surface area (Å²) in [7, 11) is -2.48. The van der Waals surface area contributed by atoms with E-state index in [9.17, 15) is 13.2 Å². The molecule has 1 aromatic rings. The van der Waals surface area contributed by atoms with Crippen molar-refractivity contribution in [2.75, 3.05) is 20.2 Å². The maximum atomic E-state index is 12.5. The highest BCUT2D eigenvalue weighted by Crippen LogP contribution is 2.25. The molecule has 1 saturated heterocycles. The van der Waals surface area contributed by atoms with Crippen molar-refractivity contribution in [1.82, 2.24) is 4.31 Å². The standard InChI is InChI=1S/C12H15ClN2O4S.ClH/c1-19-12(16)8-4-9(13)6-11(5-8)20(17,18)15-3-2-10(14)7-15;/h4-6,10H,2-3,7,14H2,1H3;1H. The number of hydrogen-bond donors (Lipinski definition) is 1. The third kappa shape index (κ3) is 3.87. The van der Waals surface area contributed by atoms with Crippen LogP contribution in [-0.4, -0.2) is 44.9 Å². The largest absolute Gasteiger partial charge is 0.465 e. The number of hydrogen-bond acceptors (Lipinski definition) is 5. The number of methoxy groups -OCH3 is 1. The fourth-order valence-corrected chi connectivity index (χ4v) is 3.95. The molecular formula is C12H16Cl2N2O4S. The van der Waals surface area contributed by atoms with Crippen LogP contribution in [0.2, 0.25) is 5.02 Å². The minimum Gasteiger partial charge on any atom is -0.465 e. The lowest BCUT2D eigenvalue weighted by molar-refractivity contribution is 0.0600. The molecule has 1 aliphatic rings. The molecule has 6 nitrogen and oxygen atoms in total. The second-order valence-corrected chi connectivity index (χ2v) is 6.95. The van der Waals surface area contributed by atoms with E-state index in [1.54, 1.807) is 0 Å². The zero-order chi connectivity index (χ0) is 14.9. The number of nitrogens with two attached hydrogens (primary N) is 1. The fraction of sp³-hybridized carbons (Fsp3) is 0.417. The number of benzene rings is 1. The maximum absolute atomic E-state index is 12.5. The first kappa shape index (κ1) is 18.2. The minimum atomic E-state index is -3.70. The highest BCUT2D eigenvalue weighted by molar-refractivity contribution is 7.89. The summed E-state index contributed by atoms with van der Waals surface area (Å²) < 4.78 is 30.8. The number of rotatable bonds is 3. The number of carbonyl (C=O) groups is 1. The van der Waals surface area contributed by atoms with Gasteiger partial charge in [-0.2, -0.15) is 4.31 Å². The highest BCUT2D eigenvalue weighted by Gasteiger charge is 2.31. The third-order valence-electron chi connectivity index (χ3n) is 3.12. The summed E-state index contributed by atoms with van der Waals surface area (Å²) in [6, 6.07) is 3.77. The summed E-state index contributed by atoms with van der Waals surface area (Å²) in [6.45, 7) is 0.631. The second kappa shape index (κ2) is 6.93. The van der Waals surface area contributed by atoms with Gasteiger partial charge in [0.1, 0.15) is 0 Å². The fourth-order valence-electron chi connectivity index (χ4n) is 2.07. The molecule has 1 fully saturated rings. The molecule has 1 heterocycles.